The Hall–Kier alpha value is -1.36. The average molecular weight is 322 g/mol. The van der Waals surface area contributed by atoms with E-state index in [0.717, 1.165) is 44.5 Å². The van der Waals surface area contributed by atoms with Gasteiger partial charge in [-0.15, -0.1) is 0 Å². The van der Waals surface area contributed by atoms with Gasteiger partial charge in [0, 0.05) is 45.3 Å². The van der Waals surface area contributed by atoms with Crippen molar-refractivity contribution in [1.29, 1.82) is 0 Å². The number of carbonyl (C=O) groups is 1. The SMILES string of the molecule is CC.CCCc1c(C(=O)N(C)C)nn2c1CN(C(C)C)CCC2. The quantitative estimate of drug-likeness (QED) is 0.855. The second kappa shape index (κ2) is 9.06. The maximum Gasteiger partial charge on any atom is 0.274 e. The van der Waals surface area contributed by atoms with Gasteiger partial charge in [-0.2, -0.15) is 5.10 Å². The maximum atomic E-state index is 12.4. The Kier molecular flexibility index (Phi) is 7.76. The molecule has 1 aromatic heterocycles. The fourth-order valence-electron chi connectivity index (χ4n) is 2.93. The third kappa shape index (κ3) is 4.56. The monoisotopic (exact) mass is 322 g/mol. The number of hydrogen-bond donors (Lipinski definition) is 0. The first-order valence-corrected chi connectivity index (χ1v) is 9.00. The highest BCUT2D eigenvalue weighted by molar-refractivity contribution is 5.93. The van der Waals surface area contributed by atoms with Gasteiger partial charge in [-0.05, 0) is 26.7 Å². The smallest absolute Gasteiger partial charge is 0.274 e. The first-order chi connectivity index (χ1) is 11.0. The van der Waals surface area contributed by atoms with Crippen LogP contribution < -0.4 is 0 Å². The predicted octanol–water partition coefficient (Wildman–Crippen LogP) is 3.18. The van der Waals surface area contributed by atoms with E-state index in [4.69, 9.17) is 0 Å². The fourth-order valence-corrected chi connectivity index (χ4v) is 2.93. The molecule has 0 saturated carbocycles. The summed E-state index contributed by atoms with van der Waals surface area (Å²) in [6.07, 6.45) is 3.05. The number of hydrogen-bond acceptors (Lipinski definition) is 3. The topological polar surface area (TPSA) is 41.4 Å². The van der Waals surface area contributed by atoms with Gasteiger partial charge in [0.25, 0.3) is 5.91 Å². The Morgan fingerprint density at radius 2 is 1.91 bits per heavy atom. The summed E-state index contributed by atoms with van der Waals surface area (Å²) >= 11 is 0. The van der Waals surface area contributed by atoms with Crippen molar-refractivity contribution in [2.24, 2.45) is 0 Å². The molecule has 0 aliphatic carbocycles. The highest BCUT2D eigenvalue weighted by Crippen LogP contribution is 2.23. The molecule has 1 aliphatic rings. The van der Waals surface area contributed by atoms with Crippen LogP contribution in [-0.2, 0) is 19.5 Å². The summed E-state index contributed by atoms with van der Waals surface area (Å²) < 4.78 is 2.07. The molecule has 5 heteroatoms. The van der Waals surface area contributed by atoms with E-state index in [1.54, 1.807) is 19.0 Å². The second-order valence-electron chi connectivity index (χ2n) is 6.36. The van der Waals surface area contributed by atoms with Gasteiger partial charge in [-0.3, -0.25) is 14.4 Å². The lowest BCUT2D eigenvalue weighted by Gasteiger charge is -2.24. The molecular formula is C18H34N4O. The van der Waals surface area contributed by atoms with Crippen molar-refractivity contribution in [3.05, 3.63) is 17.0 Å². The van der Waals surface area contributed by atoms with Gasteiger partial charge < -0.3 is 4.90 Å². The number of fused-ring (bicyclic) bond motifs is 1. The fraction of sp³-hybridized carbons (Fsp3) is 0.778. The van der Waals surface area contributed by atoms with Crippen LogP contribution in [-0.4, -0.2) is 52.2 Å². The van der Waals surface area contributed by atoms with Crippen molar-refractivity contribution in [2.45, 2.75) is 73.0 Å². The van der Waals surface area contributed by atoms with Gasteiger partial charge in [0.05, 0.1) is 5.69 Å². The Labute approximate surface area is 141 Å². The van der Waals surface area contributed by atoms with Crippen molar-refractivity contribution >= 4 is 5.91 Å². The molecule has 0 aromatic carbocycles. The zero-order chi connectivity index (χ0) is 17.6. The van der Waals surface area contributed by atoms with E-state index in [1.165, 1.54) is 5.69 Å². The van der Waals surface area contributed by atoms with Gasteiger partial charge in [0.1, 0.15) is 0 Å². The van der Waals surface area contributed by atoms with Crippen LogP contribution in [0.15, 0.2) is 0 Å². The molecule has 1 amide bonds. The first kappa shape index (κ1) is 19.7. The molecule has 0 fully saturated rings. The molecule has 23 heavy (non-hydrogen) atoms. The van der Waals surface area contributed by atoms with Gasteiger partial charge in [0.15, 0.2) is 5.69 Å². The van der Waals surface area contributed by atoms with Crippen molar-refractivity contribution in [3.8, 4) is 0 Å². The van der Waals surface area contributed by atoms with Crippen LogP contribution in [0.25, 0.3) is 0 Å². The molecule has 0 bridgehead atoms. The third-order valence-corrected chi connectivity index (χ3v) is 4.17. The van der Waals surface area contributed by atoms with Gasteiger partial charge in [-0.25, -0.2) is 0 Å². The van der Waals surface area contributed by atoms with Crippen LogP contribution in [0.2, 0.25) is 0 Å². The lowest BCUT2D eigenvalue weighted by molar-refractivity contribution is 0.0820. The minimum atomic E-state index is 0.0233. The van der Waals surface area contributed by atoms with Crippen LogP contribution in [0.5, 0.6) is 0 Å². The van der Waals surface area contributed by atoms with E-state index in [9.17, 15) is 4.79 Å². The molecule has 2 heterocycles. The predicted molar refractivity (Wildman–Crippen MR) is 95.8 cm³/mol. The van der Waals surface area contributed by atoms with Crippen molar-refractivity contribution in [1.82, 2.24) is 19.6 Å². The van der Waals surface area contributed by atoms with Crippen LogP contribution in [0, 0.1) is 0 Å². The molecule has 1 aliphatic heterocycles. The van der Waals surface area contributed by atoms with E-state index in [-0.39, 0.29) is 5.91 Å². The number of carbonyl (C=O) groups excluding carboxylic acids is 1. The minimum absolute atomic E-state index is 0.0233. The molecule has 0 radical (unpaired) electrons. The van der Waals surface area contributed by atoms with Crippen molar-refractivity contribution < 1.29 is 4.79 Å². The number of nitrogens with zero attached hydrogens (tertiary/aromatic N) is 4. The molecule has 5 nitrogen and oxygen atoms in total. The average Bonchev–Trinajstić information content (AvgIpc) is 2.72. The van der Waals surface area contributed by atoms with Crippen LogP contribution in [0.3, 0.4) is 0 Å². The summed E-state index contributed by atoms with van der Waals surface area (Å²) in [5.74, 6) is 0.0233. The molecule has 0 spiro atoms. The summed E-state index contributed by atoms with van der Waals surface area (Å²) in [6, 6.07) is 0.522. The summed E-state index contributed by atoms with van der Waals surface area (Å²) in [4.78, 5) is 16.5. The molecule has 132 valence electrons. The molecule has 1 aromatic rings. The summed E-state index contributed by atoms with van der Waals surface area (Å²) in [6.45, 7) is 13.5. The van der Waals surface area contributed by atoms with Crippen LogP contribution in [0.4, 0.5) is 0 Å². The molecular weight excluding hydrogens is 288 g/mol. The van der Waals surface area contributed by atoms with Gasteiger partial charge >= 0.3 is 0 Å². The zero-order valence-corrected chi connectivity index (χ0v) is 16.0. The highest BCUT2D eigenvalue weighted by atomic mass is 16.2. The maximum absolute atomic E-state index is 12.4. The molecule has 0 unspecified atom stereocenters. The summed E-state index contributed by atoms with van der Waals surface area (Å²) in [7, 11) is 3.59. The van der Waals surface area contributed by atoms with E-state index in [1.807, 2.05) is 13.8 Å². The van der Waals surface area contributed by atoms with Crippen LogP contribution in [0.1, 0.15) is 69.2 Å². The standard InChI is InChI=1S/C16H28N4O.C2H6/c1-6-8-13-14-11-19(12(2)3)9-7-10-20(14)17-15(13)16(21)18(4)5;1-2/h12H,6-11H2,1-5H3;1-2H3. The first-order valence-electron chi connectivity index (χ1n) is 9.00. The Morgan fingerprint density at radius 3 is 2.43 bits per heavy atom. The number of aryl methyl sites for hydroxylation is 1. The summed E-state index contributed by atoms with van der Waals surface area (Å²) in [5.41, 5.74) is 3.06. The Bertz CT molecular complexity index is 505. The Morgan fingerprint density at radius 1 is 1.26 bits per heavy atom. The zero-order valence-electron chi connectivity index (χ0n) is 16.0. The lowest BCUT2D eigenvalue weighted by atomic mass is 10.1. The van der Waals surface area contributed by atoms with Crippen molar-refractivity contribution in [2.75, 3.05) is 20.6 Å². The van der Waals surface area contributed by atoms with Crippen molar-refractivity contribution in [3.63, 3.8) is 0 Å². The highest BCUT2D eigenvalue weighted by Gasteiger charge is 2.26. The van der Waals surface area contributed by atoms with Gasteiger partial charge in [-0.1, -0.05) is 27.2 Å². The molecule has 2 rings (SSSR count). The molecule has 0 atom stereocenters. The normalized spacial score (nSPS) is 14.8. The minimum Gasteiger partial charge on any atom is -0.343 e. The second-order valence-corrected chi connectivity index (χ2v) is 6.36. The summed E-state index contributed by atoms with van der Waals surface area (Å²) in [5, 5.41) is 4.64. The largest absolute Gasteiger partial charge is 0.343 e. The molecule has 0 N–H and O–H groups in total. The van der Waals surface area contributed by atoms with Gasteiger partial charge in [0.2, 0.25) is 0 Å². The molecule has 0 saturated heterocycles. The van der Waals surface area contributed by atoms with E-state index >= 15 is 0 Å². The number of amides is 1. The number of rotatable bonds is 4. The lowest BCUT2D eigenvalue weighted by Crippen LogP contribution is -2.31. The van der Waals surface area contributed by atoms with E-state index < -0.39 is 0 Å². The van der Waals surface area contributed by atoms with Crippen LogP contribution >= 0.6 is 0 Å². The Balaban J connectivity index is 0.00000127. The van der Waals surface area contributed by atoms with E-state index in [2.05, 4.69) is 35.5 Å². The third-order valence-electron chi connectivity index (χ3n) is 4.17. The van der Waals surface area contributed by atoms with E-state index in [0.29, 0.717) is 11.7 Å². The number of aromatic nitrogens is 2.